The summed E-state index contributed by atoms with van der Waals surface area (Å²) in [6, 6.07) is 8.57. The van der Waals surface area contributed by atoms with Crippen LogP contribution in [-0.4, -0.2) is 11.1 Å². The summed E-state index contributed by atoms with van der Waals surface area (Å²) in [5.74, 6) is -2.11. The molecule has 0 aliphatic rings. The molecule has 3 nitrogen and oxygen atoms in total. The van der Waals surface area contributed by atoms with Crippen molar-refractivity contribution in [2.75, 3.05) is 0 Å². The van der Waals surface area contributed by atoms with Gasteiger partial charge in [-0.2, -0.15) is 5.26 Å². The lowest BCUT2D eigenvalue weighted by molar-refractivity contribution is -0.139. The molecule has 4 heteroatoms. The number of carboxylic acid groups (broad SMARTS) is 1. The van der Waals surface area contributed by atoms with Crippen molar-refractivity contribution in [2.24, 2.45) is 5.92 Å². The molecule has 0 fully saturated rings. The highest BCUT2D eigenvalue weighted by atomic mass is 35.5. The summed E-state index contributed by atoms with van der Waals surface area (Å²) in [5, 5.41) is 17.8. The summed E-state index contributed by atoms with van der Waals surface area (Å²) < 4.78 is 0. The van der Waals surface area contributed by atoms with Crippen molar-refractivity contribution < 1.29 is 9.90 Å². The second-order valence-corrected chi connectivity index (χ2v) is 3.29. The molecule has 0 aliphatic carbocycles. The first kappa shape index (κ1) is 10.6. The van der Waals surface area contributed by atoms with Crippen molar-refractivity contribution in [3.05, 3.63) is 34.9 Å². The molecule has 0 amide bonds. The second kappa shape index (κ2) is 4.64. The number of nitriles is 1. The lowest BCUT2D eigenvalue weighted by Gasteiger charge is -2.03. The van der Waals surface area contributed by atoms with E-state index in [1.165, 1.54) is 0 Å². The maximum Gasteiger partial charge on any atom is 0.321 e. The summed E-state index contributed by atoms with van der Waals surface area (Å²) >= 11 is 5.72. The van der Waals surface area contributed by atoms with E-state index in [1.807, 2.05) is 0 Å². The molecule has 0 aliphatic heterocycles. The smallest absolute Gasteiger partial charge is 0.321 e. The van der Waals surface area contributed by atoms with Gasteiger partial charge in [0.05, 0.1) is 6.07 Å². The van der Waals surface area contributed by atoms with Crippen molar-refractivity contribution in [3.8, 4) is 6.07 Å². The molecule has 72 valence electrons. The van der Waals surface area contributed by atoms with E-state index in [0.29, 0.717) is 5.02 Å². The highest BCUT2D eigenvalue weighted by Crippen LogP contribution is 2.14. The summed E-state index contributed by atoms with van der Waals surface area (Å²) in [6.45, 7) is 0. The number of hydrogen-bond acceptors (Lipinski definition) is 2. The first-order valence-electron chi connectivity index (χ1n) is 4.00. The van der Waals surface area contributed by atoms with Crippen LogP contribution in [0.4, 0.5) is 0 Å². The summed E-state index contributed by atoms with van der Waals surface area (Å²) in [6.07, 6.45) is 0.187. The number of nitrogens with zero attached hydrogens (tertiary/aromatic N) is 1. The van der Waals surface area contributed by atoms with E-state index < -0.39 is 11.9 Å². The zero-order valence-electron chi connectivity index (χ0n) is 7.27. The average molecular weight is 210 g/mol. The van der Waals surface area contributed by atoms with E-state index in [1.54, 1.807) is 30.3 Å². The lowest BCUT2D eigenvalue weighted by Crippen LogP contribution is -2.14. The van der Waals surface area contributed by atoms with Gasteiger partial charge in [-0.1, -0.05) is 23.7 Å². The minimum atomic E-state index is -1.10. The van der Waals surface area contributed by atoms with E-state index in [9.17, 15) is 4.79 Å². The molecule has 1 aromatic carbocycles. The molecule has 1 N–H and O–H groups in total. The molecule has 0 saturated carbocycles. The largest absolute Gasteiger partial charge is 0.480 e. The maximum absolute atomic E-state index is 10.6. The molecule has 14 heavy (non-hydrogen) atoms. The van der Waals surface area contributed by atoms with Crippen LogP contribution in [-0.2, 0) is 11.2 Å². The van der Waals surface area contributed by atoms with Gasteiger partial charge in [-0.3, -0.25) is 4.79 Å². The number of rotatable bonds is 3. The van der Waals surface area contributed by atoms with Gasteiger partial charge in [0.15, 0.2) is 0 Å². The molecule has 0 radical (unpaired) electrons. The van der Waals surface area contributed by atoms with Crippen LogP contribution in [0.25, 0.3) is 0 Å². The maximum atomic E-state index is 10.6. The van der Waals surface area contributed by atoms with Crippen LogP contribution < -0.4 is 0 Å². The van der Waals surface area contributed by atoms with Crippen molar-refractivity contribution in [1.29, 1.82) is 5.26 Å². The Balaban J connectivity index is 2.78. The van der Waals surface area contributed by atoms with Gasteiger partial charge in [0.25, 0.3) is 0 Å². The first-order valence-corrected chi connectivity index (χ1v) is 4.38. The fraction of sp³-hybridized carbons (Fsp3) is 0.200. The molecular formula is C10H8ClNO2. The molecule has 0 spiro atoms. The molecule has 1 atom stereocenters. The fourth-order valence-electron chi connectivity index (χ4n) is 1.09. The van der Waals surface area contributed by atoms with Crippen LogP contribution in [0.15, 0.2) is 24.3 Å². The average Bonchev–Trinajstić information content (AvgIpc) is 2.14. The van der Waals surface area contributed by atoms with E-state index >= 15 is 0 Å². The number of carboxylic acids is 1. The Bertz CT molecular complexity index is 384. The lowest BCUT2D eigenvalue weighted by atomic mass is 10.0. The molecule has 1 aromatic rings. The third kappa shape index (κ3) is 2.75. The van der Waals surface area contributed by atoms with Crippen LogP contribution in [0.3, 0.4) is 0 Å². The Morgan fingerprint density at radius 1 is 1.64 bits per heavy atom. The summed E-state index contributed by atoms with van der Waals surface area (Å²) in [7, 11) is 0. The molecule has 1 rings (SSSR count). The minimum absolute atomic E-state index is 0.187. The first-order chi connectivity index (χ1) is 6.63. The zero-order chi connectivity index (χ0) is 10.6. The van der Waals surface area contributed by atoms with Crippen molar-refractivity contribution in [1.82, 2.24) is 0 Å². The Morgan fingerprint density at radius 2 is 2.36 bits per heavy atom. The SMILES string of the molecule is N#C[C@H](Cc1cccc(Cl)c1)C(=O)O. The van der Waals surface area contributed by atoms with Crippen molar-refractivity contribution in [3.63, 3.8) is 0 Å². The van der Waals surface area contributed by atoms with Crippen molar-refractivity contribution in [2.45, 2.75) is 6.42 Å². The Morgan fingerprint density at radius 3 is 2.86 bits per heavy atom. The Hall–Kier alpha value is -1.53. The van der Waals surface area contributed by atoms with Gasteiger partial charge in [0.2, 0.25) is 0 Å². The van der Waals surface area contributed by atoms with Crippen LogP contribution in [0.5, 0.6) is 0 Å². The molecule has 0 aromatic heterocycles. The molecule has 0 saturated heterocycles. The Labute approximate surface area is 86.5 Å². The number of carbonyl (C=O) groups is 1. The molecule has 0 unspecified atom stereocenters. The van der Waals surface area contributed by atoms with E-state index in [-0.39, 0.29) is 6.42 Å². The highest BCUT2D eigenvalue weighted by molar-refractivity contribution is 6.30. The number of benzene rings is 1. The number of halogens is 1. The quantitative estimate of drug-likeness (QED) is 0.830. The van der Waals surface area contributed by atoms with Gasteiger partial charge in [0.1, 0.15) is 5.92 Å². The van der Waals surface area contributed by atoms with Gasteiger partial charge < -0.3 is 5.11 Å². The minimum Gasteiger partial charge on any atom is -0.480 e. The van der Waals surface area contributed by atoms with Crippen molar-refractivity contribution >= 4 is 17.6 Å². The van der Waals surface area contributed by atoms with Gasteiger partial charge in [-0.25, -0.2) is 0 Å². The third-order valence-electron chi connectivity index (χ3n) is 1.78. The van der Waals surface area contributed by atoms with E-state index in [4.69, 9.17) is 22.0 Å². The predicted molar refractivity (Wildman–Crippen MR) is 51.9 cm³/mol. The normalized spacial score (nSPS) is 11.7. The number of hydrogen-bond donors (Lipinski definition) is 1. The summed E-state index contributed by atoms with van der Waals surface area (Å²) in [4.78, 5) is 10.6. The highest BCUT2D eigenvalue weighted by Gasteiger charge is 2.16. The fourth-order valence-corrected chi connectivity index (χ4v) is 1.30. The zero-order valence-corrected chi connectivity index (χ0v) is 8.03. The van der Waals surface area contributed by atoms with E-state index in [0.717, 1.165) is 5.56 Å². The second-order valence-electron chi connectivity index (χ2n) is 2.85. The van der Waals surface area contributed by atoms with Crippen LogP contribution in [0, 0.1) is 17.2 Å². The predicted octanol–water partition coefficient (Wildman–Crippen LogP) is 2.11. The van der Waals surface area contributed by atoms with Gasteiger partial charge in [-0.05, 0) is 24.1 Å². The molecule has 0 heterocycles. The van der Waals surface area contributed by atoms with Crippen LogP contribution in [0.1, 0.15) is 5.56 Å². The van der Waals surface area contributed by atoms with Gasteiger partial charge in [0, 0.05) is 5.02 Å². The Kier molecular flexibility index (Phi) is 3.49. The summed E-state index contributed by atoms with van der Waals surface area (Å²) in [5.41, 5.74) is 0.756. The third-order valence-corrected chi connectivity index (χ3v) is 2.02. The standard InChI is InChI=1S/C10H8ClNO2/c11-9-3-1-2-7(5-9)4-8(6-12)10(13)14/h1-3,5,8H,4H2,(H,13,14)/t8-/m0/s1. The molecule has 0 bridgehead atoms. The topological polar surface area (TPSA) is 61.1 Å². The number of aliphatic carboxylic acids is 1. The van der Waals surface area contributed by atoms with E-state index in [2.05, 4.69) is 0 Å². The molecular weight excluding hydrogens is 202 g/mol. The van der Waals surface area contributed by atoms with Gasteiger partial charge >= 0.3 is 5.97 Å². The monoisotopic (exact) mass is 209 g/mol. The van der Waals surface area contributed by atoms with Crippen LogP contribution >= 0.6 is 11.6 Å². The van der Waals surface area contributed by atoms with Crippen LogP contribution in [0.2, 0.25) is 5.02 Å². The van der Waals surface area contributed by atoms with Gasteiger partial charge in [-0.15, -0.1) is 0 Å².